The number of carbonyl (C=O) groups is 4. The normalized spacial score (nSPS) is 23.2. The fourth-order valence-electron chi connectivity index (χ4n) is 8.27. The number of rotatable bonds is 16. The maximum absolute atomic E-state index is 13.0. The van der Waals surface area contributed by atoms with Gasteiger partial charge in [0, 0.05) is 59.9 Å². The number of hydrogen-bond acceptors (Lipinski definition) is 10. The molecule has 6 N–H and O–H groups in total. The third-order valence-electron chi connectivity index (χ3n) is 10.9. The number of aromatic nitrogens is 2. The molecule has 3 heterocycles. The monoisotopic (exact) mass is 695 g/mol. The van der Waals surface area contributed by atoms with Gasteiger partial charge >= 0.3 is 0 Å². The number of phenolic OH excluding ortho intramolecular Hbond substituents is 1. The maximum atomic E-state index is 13.0. The number of carbonyl (C=O) groups excluding carboxylic acids is 4. The van der Waals surface area contributed by atoms with Gasteiger partial charge in [-0.25, -0.2) is 0 Å². The summed E-state index contributed by atoms with van der Waals surface area (Å²) in [6, 6.07) is 13.6. The Morgan fingerprint density at radius 2 is 1.69 bits per heavy atom. The molecule has 2 bridgehead atoms. The highest BCUT2D eigenvalue weighted by molar-refractivity contribution is 6.06. The number of unbranched alkanes of at least 4 members (excludes halogenated alkanes) is 5. The number of nitrogens with zero attached hydrogens (tertiary/aromatic N) is 3. The molecule has 2 aromatic carbocycles. The summed E-state index contributed by atoms with van der Waals surface area (Å²) in [5.74, 6) is 0.0302. The topological polar surface area (TPSA) is 189 Å². The molecule has 268 valence electrons. The van der Waals surface area contributed by atoms with Crippen molar-refractivity contribution in [3.63, 3.8) is 0 Å². The number of nitrogens with one attached hydrogen (secondary N) is 3. The van der Waals surface area contributed by atoms with Gasteiger partial charge in [-0.05, 0) is 62.8 Å². The summed E-state index contributed by atoms with van der Waals surface area (Å²) in [6.45, 7) is 2.30. The zero-order valence-electron chi connectivity index (χ0n) is 28.7. The molecule has 13 nitrogen and oxygen atoms in total. The van der Waals surface area contributed by atoms with Crippen molar-refractivity contribution in [1.82, 2.24) is 25.7 Å². The van der Waals surface area contributed by atoms with Crippen molar-refractivity contribution in [3.05, 3.63) is 59.7 Å². The number of nitrogens with two attached hydrogens (primary N) is 1. The number of phenols is 1. The Morgan fingerprint density at radius 1 is 0.961 bits per heavy atom. The number of imide groups is 1. The molecule has 3 aromatic rings. The predicted octanol–water partition coefficient (Wildman–Crippen LogP) is 4.31. The second-order valence-corrected chi connectivity index (χ2v) is 14.6. The first-order chi connectivity index (χ1) is 24.7. The molecular weight excluding hydrogens is 650 g/mol. The van der Waals surface area contributed by atoms with E-state index in [1.807, 2.05) is 18.2 Å². The Hall–Kier alpha value is -5.20. The van der Waals surface area contributed by atoms with E-state index in [0.717, 1.165) is 75.6 Å². The van der Waals surface area contributed by atoms with E-state index in [1.54, 1.807) is 35.2 Å². The summed E-state index contributed by atoms with van der Waals surface area (Å²) < 4.78 is 6.06. The summed E-state index contributed by atoms with van der Waals surface area (Å²) in [4.78, 5) is 51.5. The zero-order valence-corrected chi connectivity index (χ0v) is 28.7. The Kier molecular flexibility index (Phi) is 9.54. The van der Waals surface area contributed by atoms with E-state index in [9.17, 15) is 24.3 Å². The van der Waals surface area contributed by atoms with E-state index >= 15 is 0 Å². The van der Waals surface area contributed by atoms with E-state index in [0.29, 0.717) is 48.7 Å². The lowest BCUT2D eigenvalue weighted by atomic mass is 9.35. The summed E-state index contributed by atoms with van der Waals surface area (Å²) in [6.07, 6.45) is 9.35. The molecule has 3 saturated carbocycles. The van der Waals surface area contributed by atoms with Crippen LogP contribution in [0.3, 0.4) is 0 Å². The van der Waals surface area contributed by atoms with Gasteiger partial charge < -0.3 is 31.1 Å². The van der Waals surface area contributed by atoms with E-state index in [-0.39, 0.29) is 46.5 Å². The Balaban J connectivity index is 0.748. The van der Waals surface area contributed by atoms with Gasteiger partial charge in [-0.15, -0.1) is 10.2 Å². The third-order valence-corrected chi connectivity index (χ3v) is 10.9. The summed E-state index contributed by atoms with van der Waals surface area (Å²) in [5, 5.41) is 27.3. The number of benzene rings is 2. The molecule has 51 heavy (non-hydrogen) atoms. The predicted molar refractivity (Wildman–Crippen MR) is 189 cm³/mol. The summed E-state index contributed by atoms with van der Waals surface area (Å²) in [7, 11) is 0. The quantitative estimate of drug-likeness (QED) is 0.107. The Morgan fingerprint density at radius 3 is 2.45 bits per heavy atom. The summed E-state index contributed by atoms with van der Waals surface area (Å²) in [5.41, 5.74) is 9.22. The van der Waals surface area contributed by atoms with Crippen LogP contribution >= 0.6 is 0 Å². The lowest BCUT2D eigenvalue weighted by molar-refractivity contribution is -0.217. The average molecular weight is 696 g/mol. The zero-order chi connectivity index (χ0) is 35.6. The molecule has 13 heteroatoms. The van der Waals surface area contributed by atoms with Gasteiger partial charge in [-0.3, -0.25) is 24.5 Å². The number of amides is 4. The van der Waals surface area contributed by atoms with E-state index in [1.165, 1.54) is 0 Å². The molecule has 1 atom stereocenters. The molecule has 0 spiro atoms. The molecule has 8 rings (SSSR count). The van der Waals surface area contributed by atoms with Crippen molar-refractivity contribution in [1.29, 1.82) is 0 Å². The second kappa shape index (κ2) is 14.2. The van der Waals surface area contributed by atoms with E-state index in [4.69, 9.17) is 10.5 Å². The minimum absolute atomic E-state index is 0.00885. The van der Waals surface area contributed by atoms with Gasteiger partial charge in [0.1, 0.15) is 17.5 Å². The molecule has 1 aromatic heterocycles. The Bertz CT molecular complexity index is 1830. The number of para-hydroxylation sites is 1. The molecule has 2 aliphatic heterocycles. The fourth-order valence-corrected chi connectivity index (χ4v) is 8.27. The first-order valence-electron chi connectivity index (χ1n) is 18.0. The SMILES string of the molecule is Nc1nnc(-c2ccccc2O)cc1OCC12CC(C(=O)NCCCCCCCCNc3cccc4c3CN(C3CCC(=O)NC3=O)C4=O)(C1)C2. The van der Waals surface area contributed by atoms with E-state index in [2.05, 4.69) is 26.1 Å². The summed E-state index contributed by atoms with van der Waals surface area (Å²) >= 11 is 0. The number of ether oxygens (including phenoxy) is 1. The maximum Gasteiger partial charge on any atom is 0.255 e. The lowest BCUT2D eigenvalue weighted by Crippen LogP contribution is -2.69. The van der Waals surface area contributed by atoms with Crippen molar-refractivity contribution in [3.8, 4) is 22.8 Å². The van der Waals surface area contributed by atoms with Crippen LogP contribution in [0, 0.1) is 10.8 Å². The first kappa shape index (κ1) is 34.3. The molecule has 4 fully saturated rings. The van der Waals surface area contributed by atoms with Gasteiger partial charge in [-0.2, -0.15) is 0 Å². The van der Waals surface area contributed by atoms with Gasteiger partial charge in [0.2, 0.25) is 17.7 Å². The van der Waals surface area contributed by atoms with Crippen LogP contribution in [-0.2, 0) is 20.9 Å². The lowest BCUT2D eigenvalue weighted by Gasteiger charge is -2.68. The standard InChI is InChI=1S/C38H45N7O6/c39-33-31(18-28(43-44-33)25-10-5-6-13-30(25)46)51-23-37-20-38(21-37,22-37)36(50)41-17-8-4-2-1-3-7-16-40-27-12-9-11-24-26(27)19-45(35(24)49)29-14-15-32(47)42-34(29)48/h5-6,9-13,18,29,40,46H,1-4,7-8,14-17,19-23H2,(H2,39,44)(H,41,50)(H,42,47,48). The van der Waals surface area contributed by atoms with Crippen LogP contribution in [0.15, 0.2) is 48.5 Å². The molecule has 0 radical (unpaired) electrons. The third kappa shape index (κ3) is 6.93. The minimum atomic E-state index is -0.615. The van der Waals surface area contributed by atoms with Crippen LogP contribution in [0.25, 0.3) is 11.3 Å². The Labute approximate surface area is 296 Å². The average Bonchev–Trinajstić information content (AvgIpc) is 3.41. The number of fused-ring (bicyclic) bond motifs is 1. The molecule has 3 aliphatic carbocycles. The number of piperidine rings is 1. The van der Waals surface area contributed by atoms with Crippen molar-refractivity contribution in [2.45, 2.75) is 83.2 Å². The van der Waals surface area contributed by atoms with Crippen LogP contribution in [-0.4, -0.2) is 69.6 Å². The number of hydrogen-bond donors (Lipinski definition) is 5. The van der Waals surface area contributed by atoms with Gasteiger partial charge in [0.05, 0.1) is 12.0 Å². The van der Waals surface area contributed by atoms with Crippen LogP contribution in [0.5, 0.6) is 11.5 Å². The smallest absolute Gasteiger partial charge is 0.255 e. The van der Waals surface area contributed by atoms with Crippen LogP contribution in [0.4, 0.5) is 11.5 Å². The molecule has 4 amide bonds. The van der Waals surface area contributed by atoms with Gasteiger partial charge in [0.25, 0.3) is 5.91 Å². The molecular formula is C38H45N7O6. The van der Waals surface area contributed by atoms with Crippen molar-refractivity contribution in [2.75, 3.05) is 30.7 Å². The van der Waals surface area contributed by atoms with Crippen molar-refractivity contribution in [2.24, 2.45) is 10.8 Å². The van der Waals surface area contributed by atoms with Crippen LogP contribution in [0.2, 0.25) is 0 Å². The molecule has 1 saturated heterocycles. The van der Waals surface area contributed by atoms with Crippen LogP contribution < -0.4 is 26.4 Å². The second-order valence-electron chi connectivity index (χ2n) is 14.6. The van der Waals surface area contributed by atoms with Crippen molar-refractivity contribution < 1.29 is 29.0 Å². The van der Waals surface area contributed by atoms with E-state index < -0.39 is 11.9 Å². The highest BCUT2D eigenvalue weighted by Gasteiger charge is 2.71. The highest BCUT2D eigenvalue weighted by atomic mass is 16.5. The number of aromatic hydroxyl groups is 1. The number of anilines is 2. The van der Waals surface area contributed by atoms with Gasteiger partial charge in [0.15, 0.2) is 11.6 Å². The van der Waals surface area contributed by atoms with Crippen molar-refractivity contribution >= 4 is 35.1 Å². The molecule has 5 aliphatic rings. The first-order valence-corrected chi connectivity index (χ1v) is 18.0. The highest BCUT2D eigenvalue weighted by Crippen LogP contribution is 2.73. The number of nitrogen functional groups attached to an aromatic ring is 1. The molecule has 1 unspecified atom stereocenters. The van der Waals surface area contributed by atoms with Crippen LogP contribution in [0.1, 0.15) is 86.6 Å². The van der Waals surface area contributed by atoms with Gasteiger partial charge in [-0.1, -0.05) is 43.9 Å². The fraction of sp³-hybridized carbons (Fsp3) is 0.474. The largest absolute Gasteiger partial charge is 0.507 e. The minimum Gasteiger partial charge on any atom is -0.507 e.